The van der Waals surface area contributed by atoms with Gasteiger partial charge >= 0.3 is 0 Å². The molecule has 0 fully saturated rings. The van der Waals surface area contributed by atoms with Crippen molar-refractivity contribution in [2.75, 3.05) is 13.2 Å². The maximum absolute atomic E-state index is 12.3. The topological polar surface area (TPSA) is 60.8 Å². The van der Waals surface area contributed by atoms with Gasteiger partial charge in [0, 0.05) is 18.2 Å². The van der Waals surface area contributed by atoms with Crippen molar-refractivity contribution in [3.05, 3.63) is 29.8 Å². The van der Waals surface area contributed by atoms with Crippen LogP contribution >= 0.6 is 0 Å². The zero-order chi connectivity index (χ0) is 13.5. The molecule has 0 aromatic heterocycles. The molecule has 0 aliphatic rings. The Labute approximate surface area is 108 Å². The first-order valence-corrected chi connectivity index (χ1v) is 6.34. The second-order valence-corrected chi connectivity index (χ2v) is 4.24. The average Bonchev–Trinajstić information content (AvgIpc) is 2.39. The number of hydrogen-bond acceptors (Lipinski definition) is 3. The fourth-order valence-corrected chi connectivity index (χ4v) is 2.06. The van der Waals surface area contributed by atoms with Crippen LogP contribution in [0.25, 0.3) is 0 Å². The molecule has 1 aromatic rings. The van der Waals surface area contributed by atoms with Gasteiger partial charge in [-0.1, -0.05) is 13.8 Å². The molecule has 1 rings (SSSR count). The zero-order valence-electron chi connectivity index (χ0n) is 11.0. The molecule has 4 heteroatoms. The summed E-state index contributed by atoms with van der Waals surface area (Å²) in [6, 6.07) is 6.34. The van der Waals surface area contributed by atoms with E-state index in [0.29, 0.717) is 12.1 Å². The Hall–Kier alpha value is -1.55. The van der Waals surface area contributed by atoms with Gasteiger partial charge in [0.25, 0.3) is 5.91 Å². The second kappa shape index (κ2) is 7.01. The van der Waals surface area contributed by atoms with Crippen molar-refractivity contribution in [3.63, 3.8) is 0 Å². The molecule has 0 radical (unpaired) electrons. The SMILES string of the molecule is CCC(CC)N(CCO)C(=O)c1ccc(O)cc1. The summed E-state index contributed by atoms with van der Waals surface area (Å²) in [7, 11) is 0. The molecule has 18 heavy (non-hydrogen) atoms. The number of hydrogen-bond donors (Lipinski definition) is 2. The van der Waals surface area contributed by atoms with Crippen molar-refractivity contribution < 1.29 is 15.0 Å². The van der Waals surface area contributed by atoms with Crippen LogP contribution in [0, 0.1) is 0 Å². The number of aliphatic hydroxyl groups excluding tert-OH is 1. The van der Waals surface area contributed by atoms with E-state index in [4.69, 9.17) is 5.11 Å². The number of amides is 1. The monoisotopic (exact) mass is 251 g/mol. The van der Waals surface area contributed by atoms with E-state index in [0.717, 1.165) is 12.8 Å². The molecule has 0 spiro atoms. The predicted octanol–water partition coefficient (Wildman–Crippen LogP) is 2.02. The molecule has 0 aliphatic carbocycles. The van der Waals surface area contributed by atoms with Crippen LogP contribution in [0.2, 0.25) is 0 Å². The molecule has 0 bridgehead atoms. The average molecular weight is 251 g/mol. The van der Waals surface area contributed by atoms with E-state index in [-0.39, 0.29) is 24.3 Å². The lowest BCUT2D eigenvalue weighted by Gasteiger charge is -2.30. The minimum absolute atomic E-state index is 0.0413. The number of phenolic OH excluding ortho intramolecular Hbond substituents is 1. The van der Waals surface area contributed by atoms with Crippen LogP contribution in [0.1, 0.15) is 37.0 Å². The third-order valence-electron chi connectivity index (χ3n) is 3.10. The van der Waals surface area contributed by atoms with Crippen LogP contribution < -0.4 is 0 Å². The number of rotatable bonds is 6. The van der Waals surface area contributed by atoms with Crippen LogP contribution in [0.5, 0.6) is 5.75 Å². The number of aliphatic hydroxyl groups is 1. The van der Waals surface area contributed by atoms with E-state index in [1.807, 2.05) is 13.8 Å². The first kappa shape index (κ1) is 14.5. The molecule has 2 N–H and O–H groups in total. The van der Waals surface area contributed by atoms with Gasteiger partial charge < -0.3 is 15.1 Å². The predicted molar refractivity (Wildman–Crippen MR) is 70.6 cm³/mol. The van der Waals surface area contributed by atoms with Gasteiger partial charge in [-0.2, -0.15) is 0 Å². The summed E-state index contributed by atoms with van der Waals surface area (Å²) < 4.78 is 0. The number of nitrogens with zero attached hydrogens (tertiary/aromatic N) is 1. The van der Waals surface area contributed by atoms with Gasteiger partial charge in [-0.25, -0.2) is 0 Å². The number of carbonyl (C=O) groups excluding carboxylic acids is 1. The maximum Gasteiger partial charge on any atom is 0.254 e. The number of carbonyl (C=O) groups is 1. The number of aromatic hydroxyl groups is 1. The van der Waals surface area contributed by atoms with Crippen LogP contribution in [0.3, 0.4) is 0 Å². The first-order chi connectivity index (χ1) is 8.63. The molecule has 0 saturated carbocycles. The van der Waals surface area contributed by atoms with Crippen molar-refractivity contribution in [2.45, 2.75) is 32.7 Å². The third-order valence-corrected chi connectivity index (χ3v) is 3.10. The van der Waals surface area contributed by atoms with Crippen molar-refractivity contribution in [1.29, 1.82) is 0 Å². The normalized spacial score (nSPS) is 10.7. The van der Waals surface area contributed by atoms with Crippen LogP contribution in [0.4, 0.5) is 0 Å². The lowest BCUT2D eigenvalue weighted by molar-refractivity contribution is 0.0622. The van der Waals surface area contributed by atoms with Crippen molar-refractivity contribution in [3.8, 4) is 5.75 Å². The van der Waals surface area contributed by atoms with Gasteiger partial charge in [-0.15, -0.1) is 0 Å². The quantitative estimate of drug-likeness (QED) is 0.813. The van der Waals surface area contributed by atoms with Gasteiger partial charge in [-0.3, -0.25) is 4.79 Å². The molecule has 0 atom stereocenters. The summed E-state index contributed by atoms with van der Waals surface area (Å²) in [5, 5.41) is 18.3. The van der Waals surface area contributed by atoms with Gasteiger partial charge in [0.15, 0.2) is 0 Å². The van der Waals surface area contributed by atoms with Gasteiger partial charge in [0.05, 0.1) is 6.61 Å². The molecule has 4 nitrogen and oxygen atoms in total. The number of benzene rings is 1. The van der Waals surface area contributed by atoms with E-state index >= 15 is 0 Å². The summed E-state index contributed by atoms with van der Waals surface area (Å²) in [5.41, 5.74) is 0.535. The summed E-state index contributed by atoms with van der Waals surface area (Å²) in [6.45, 7) is 4.36. The lowest BCUT2D eigenvalue weighted by Crippen LogP contribution is -2.41. The van der Waals surface area contributed by atoms with E-state index in [1.165, 1.54) is 12.1 Å². The Morgan fingerprint density at radius 1 is 1.22 bits per heavy atom. The fraction of sp³-hybridized carbons (Fsp3) is 0.500. The molecule has 100 valence electrons. The van der Waals surface area contributed by atoms with E-state index < -0.39 is 0 Å². The molecular formula is C14H21NO3. The summed E-state index contributed by atoms with van der Waals surface area (Å²) in [6.07, 6.45) is 1.72. The smallest absolute Gasteiger partial charge is 0.254 e. The molecule has 1 aromatic carbocycles. The third kappa shape index (κ3) is 3.47. The lowest BCUT2D eigenvalue weighted by atomic mass is 10.1. The fourth-order valence-electron chi connectivity index (χ4n) is 2.06. The van der Waals surface area contributed by atoms with Crippen molar-refractivity contribution in [1.82, 2.24) is 4.90 Å². The van der Waals surface area contributed by atoms with E-state index in [1.54, 1.807) is 17.0 Å². The highest BCUT2D eigenvalue weighted by Gasteiger charge is 2.21. The highest BCUT2D eigenvalue weighted by atomic mass is 16.3. The molecule has 0 saturated heterocycles. The Balaban J connectivity index is 2.91. The highest BCUT2D eigenvalue weighted by Crippen LogP contribution is 2.16. The molecule has 0 unspecified atom stereocenters. The first-order valence-electron chi connectivity index (χ1n) is 6.34. The minimum Gasteiger partial charge on any atom is -0.508 e. The minimum atomic E-state index is -0.0993. The molecule has 0 heterocycles. The summed E-state index contributed by atoms with van der Waals surface area (Å²) in [5.74, 6) is 0.0422. The van der Waals surface area contributed by atoms with E-state index in [9.17, 15) is 9.90 Å². The standard InChI is InChI=1S/C14H21NO3/c1-3-12(4-2)15(9-10-16)14(18)11-5-7-13(17)8-6-11/h5-8,12,16-17H,3-4,9-10H2,1-2H3. The summed E-state index contributed by atoms with van der Waals surface area (Å²) >= 11 is 0. The van der Waals surface area contributed by atoms with Crippen molar-refractivity contribution in [2.24, 2.45) is 0 Å². The van der Waals surface area contributed by atoms with Crippen molar-refractivity contribution >= 4 is 5.91 Å². The second-order valence-electron chi connectivity index (χ2n) is 4.24. The molecule has 1 amide bonds. The summed E-state index contributed by atoms with van der Waals surface area (Å²) in [4.78, 5) is 14.0. The molecule has 0 aliphatic heterocycles. The van der Waals surface area contributed by atoms with Crippen LogP contribution in [0.15, 0.2) is 24.3 Å². The molecular weight excluding hydrogens is 230 g/mol. The van der Waals surface area contributed by atoms with Crippen LogP contribution in [-0.2, 0) is 0 Å². The Morgan fingerprint density at radius 3 is 2.22 bits per heavy atom. The van der Waals surface area contributed by atoms with Gasteiger partial charge in [0.2, 0.25) is 0 Å². The highest BCUT2D eigenvalue weighted by molar-refractivity contribution is 5.94. The maximum atomic E-state index is 12.3. The Kier molecular flexibility index (Phi) is 5.65. The largest absolute Gasteiger partial charge is 0.508 e. The Bertz CT molecular complexity index is 371. The number of phenols is 1. The Morgan fingerprint density at radius 2 is 1.78 bits per heavy atom. The van der Waals surface area contributed by atoms with Crippen LogP contribution in [-0.4, -0.2) is 40.2 Å². The van der Waals surface area contributed by atoms with Gasteiger partial charge in [0.1, 0.15) is 5.75 Å². The van der Waals surface area contributed by atoms with Gasteiger partial charge in [-0.05, 0) is 37.1 Å². The van der Waals surface area contributed by atoms with E-state index in [2.05, 4.69) is 0 Å². The zero-order valence-corrected chi connectivity index (χ0v) is 11.0.